The Kier molecular flexibility index (Phi) is 2.91. The molecule has 0 unspecified atom stereocenters. The summed E-state index contributed by atoms with van der Waals surface area (Å²) in [6.45, 7) is 2.53. The van der Waals surface area contributed by atoms with E-state index in [9.17, 15) is 4.79 Å². The number of hydrogen-bond donors (Lipinski definition) is 1. The Hall–Kier alpha value is -0.540. The lowest BCUT2D eigenvalue weighted by molar-refractivity contribution is 0.0956. The minimum atomic E-state index is -0.0596. The van der Waals surface area contributed by atoms with Gasteiger partial charge in [0.1, 0.15) is 0 Å². The second-order valence-electron chi connectivity index (χ2n) is 2.00. The van der Waals surface area contributed by atoms with Gasteiger partial charge >= 0.3 is 0 Å². The highest BCUT2D eigenvalue weighted by Crippen LogP contribution is 2.19. The molecule has 4 heteroatoms. The standard InChI is InChI=1S/C7H8ClNOS/c1-2-9-7(10)5-3-6(8)11-4-5/h3-4H,2H2,1H3,(H,9,10). The molecule has 0 radical (unpaired) electrons. The summed E-state index contributed by atoms with van der Waals surface area (Å²) in [6, 6.07) is 1.66. The number of rotatable bonds is 2. The van der Waals surface area contributed by atoms with Gasteiger partial charge < -0.3 is 5.32 Å². The highest BCUT2D eigenvalue weighted by Gasteiger charge is 2.05. The predicted molar refractivity (Wildman–Crippen MR) is 47.3 cm³/mol. The zero-order valence-electron chi connectivity index (χ0n) is 6.06. The van der Waals surface area contributed by atoms with Gasteiger partial charge in [0.15, 0.2) is 0 Å². The molecule has 0 saturated carbocycles. The molecule has 1 heterocycles. The van der Waals surface area contributed by atoms with Crippen LogP contribution in [0.2, 0.25) is 4.34 Å². The van der Waals surface area contributed by atoms with E-state index in [-0.39, 0.29) is 5.91 Å². The average Bonchev–Trinajstić information content (AvgIpc) is 2.36. The molecule has 1 N–H and O–H groups in total. The largest absolute Gasteiger partial charge is 0.352 e. The Morgan fingerprint density at radius 1 is 1.82 bits per heavy atom. The summed E-state index contributed by atoms with van der Waals surface area (Å²) in [7, 11) is 0. The van der Waals surface area contributed by atoms with Crippen molar-refractivity contribution in [2.75, 3.05) is 6.54 Å². The van der Waals surface area contributed by atoms with Crippen molar-refractivity contribution < 1.29 is 4.79 Å². The van der Waals surface area contributed by atoms with E-state index in [0.717, 1.165) is 0 Å². The van der Waals surface area contributed by atoms with E-state index in [4.69, 9.17) is 11.6 Å². The monoisotopic (exact) mass is 189 g/mol. The first-order valence-electron chi connectivity index (χ1n) is 3.26. The number of thiophene rings is 1. The number of hydrogen-bond acceptors (Lipinski definition) is 2. The van der Waals surface area contributed by atoms with Crippen molar-refractivity contribution in [3.05, 3.63) is 21.3 Å². The van der Waals surface area contributed by atoms with Gasteiger partial charge in [-0.2, -0.15) is 0 Å². The lowest BCUT2D eigenvalue weighted by Crippen LogP contribution is -2.21. The molecule has 0 atom stereocenters. The molecule has 0 aliphatic heterocycles. The van der Waals surface area contributed by atoms with Crippen molar-refractivity contribution in [2.24, 2.45) is 0 Å². The third-order valence-electron chi connectivity index (χ3n) is 1.17. The molecule has 0 fully saturated rings. The van der Waals surface area contributed by atoms with Crippen LogP contribution in [-0.2, 0) is 0 Å². The molecule has 0 spiro atoms. The Balaban J connectivity index is 2.69. The third kappa shape index (κ3) is 2.20. The summed E-state index contributed by atoms with van der Waals surface area (Å²) in [5.41, 5.74) is 0.641. The summed E-state index contributed by atoms with van der Waals surface area (Å²) in [5, 5.41) is 4.43. The zero-order chi connectivity index (χ0) is 8.27. The van der Waals surface area contributed by atoms with Gasteiger partial charge in [0.05, 0.1) is 9.90 Å². The first kappa shape index (κ1) is 8.56. The van der Waals surface area contributed by atoms with Gasteiger partial charge in [-0.15, -0.1) is 11.3 Å². The summed E-state index contributed by atoms with van der Waals surface area (Å²) < 4.78 is 0.645. The molecule has 1 amide bonds. The molecule has 60 valence electrons. The summed E-state index contributed by atoms with van der Waals surface area (Å²) in [6.07, 6.45) is 0. The van der Waals surface area contributed by atoms with E-state index >= 15 is 0 Å². The van der Waals surface area contributed by atoms with Crippen LogP contribution in [0, 0.1) is 0 Å². The molecule has 1 rings (SSSR count). The first-order valence-corrected chi connectivity index (χ1v) is 4.52. The van der Waals surface area contributed by atoms with Crippen LogP contribution in [-0.4, -0.2) is 12.5 Å². The first-order chi connectivity index (χ1) is 5.24. The van der Waals surface area contributed by atoms with Crippen LogP contribution in [0.4, 0.5) is 0 Å². The number of carbonyl (C=O) groups excluding carboxylic acids is 1. The van der Waals surface area contributed by atoms with Crippen molar-refractivity contribution in [3.63, 3.8) is 0 Å². The molecular formula is C7H8ClNOS. The normalized spacial score (nSPS) is 9.64. The fourth-order valence-corrected chi connectivity index (χ4v) is 1.55. The Morgan fingerprint density at radius 3 is 3.00 bits per heavy atom. The molecule has 0 aliphatic carbocycles. The minimum Gasteiger partial charge on any atom is -0.352 e. The van der Waals surface area contributed by atoms with Crippen LogP contribution in [0.1, 0.15) is 17.3 Å². The van der Waals surface area contributed by atoms with Crippen molar-refractivity contribution in [1.29, 1.82) is 0 Å². The van der Waals surface area contributed by atoms with Crippen molar-refractivity contribution >= 4 is 28.8 Å². The van der Waals surface area contributed by atoms with E-state index in [1.165, 1.54) is 11.3 Å². The van der Waals surface area contributed by atoms with Gasteiger partial charge in [-0.3, -0.25) is 4.79 Å². The lowest BCUT2D eigenvalue weighted by atomic mass is 10.3. The van der Waals surface area contributed by atoms with Crippen molar-refractivity contribution in [3.8, 4) is 0 Å². The van der Waals surface area contributed by atoms with E-state index in [0.29, 0.717) is 16.4 Å². The maximum absolute atomic E-state index is 11.1. The zero-order valence-corrected chi connectivity index (χ0v) is 7.63. The second kappa shape index (κ2) is 3.74. The van der Waals surface area contributed by atoms with E-state index < -0.39 is 0 Å². The summed E-state index contributed by atoms with van der Waals surface area (Å²) >= 11 is 7.01. The van der Waals surface area contributed by atoms with Crippen molar-refractivity contribution in [1.82, 2.24) is 5.32 Å². The SMILES string of the molecule is CCNC(=O)c1csc(Cl)c1. The second-order valence-corrected chi connectivity index (χ2v) is 3.54. The summed E-state index contributed by atoms with van der Waals surface area (Å²) in [5.74, 6) is -0.0596. The molecule has 0 saturated heterocycles. The summed E-state index contributed by atoms with van der Waals surface area (Å²) in [4.78, 5) is 11.1. The van der Waals surface area contributed by atoms with E-state index in [2.05, 4.69) is 5.32 Å². The third-order valence-corrected chi connectivity index (χ3v) is 2.26. The maximum atomic E-state index is 11.1. The highest BCUT2D eigenvalue weighted by molar-refractivity contribution is 7.14. The Bertz CT molecular complexity index is 259. The fourth-order valence-electron chi connectivity index (χ4n) is 0.692. The minimum absolute atomic E-state index is 0.0596. The molecule has 0 aromatic carbocycles. The van der Waals surface area contributed by atoms with Gasteiger partial charge in [0, 0.05) is 11.9 Å². The molecule has 2 nitrogen and oxygen atoms in total. The topological polar surface area (TPSA) is 29.1 Å². The number of amides is 1. The fraction of sp³-hybridized carbons (Fsp3) is 0.286. The van der Waals surface area contributed by atoms with E-state index in [1.807, 2.05) is 6.92 Å². The molecule has 1 aromatic rings. The quantitative estimate of drug-likeness (QED) is 0.759. The number of halogens is 1. The maximum Gasteiger partial charge on any atom is 0.252 e. The number of nitrogens with one attached hydrogen (secondary N) is 1. The van der Waals surface area contributed by atoms with Gasteiger partial charge in [-0.05, 0) is 13.0 Å². The average molecular weight is 190 g/mol. The van der Waals surface area contributed by atoms with Crippen molar-refractivity contribution in [2.45, 2.75) is 6.92 Å². The van der Waals surface area contributed by atoms with Crippen LogP contribution in [0.3, 0.4) is 0 Å². The Labute approximate surface area is 74.2 Å². The molecule has 0 aliphatic rings. The molecular weight excluding hydrogens is 182 g/mol. The van der Waals surface area contributed by atoms with Gasteiger partial charge in [-0.1, -0.05) is 11.6 Å². The molecule has 1 aromatic heterocycles. The molecule has 11 heavy (non-hydrogen) atoms. The number of carbonyl (C=O) groups is 1. The van der Waals surface area contributed by atoms with Gasteiger partial charge in [-0.25, -0.2) is 0 Å². The molecule has 0 bridgehead atoms. The van der Waals surface area contributed by atoms with Crippen LogP contribution in [0.25, 0.3) is 0 Å². The van der Waals surface area contributed by atoms with Crippen LogP contribution in [0.15, 0.2) is 11.4 Å². The van der Waals surface area contributed by atoms with E-state index in [1.54, 1.807) is 11.4 Å². The Morgan fingerprint density at radius 2 is 2.55 bits per heavy atom. The van der Waals surface area contributed by atoms with Gasteiger partial charge in [0.25, 0.3) is 5.91 Å². The predicted octanol–water partition coefficient (Wildman–Crippen LogP) is 2.15. The van der Waals surface area contributed by atoms with Crippen LogP contribution >= 0.6 is 22.9 Å². The lowest BCUT2D eigenvalue weighted by Gasteiger charge is -1.96. The highest BCUT2D eigenvalue weighted by atomic mass is 35.5. The van der Waals surface area contributed by atoms with Crippen LogP contribution < -0.4 is 5.32 Å². The van der Waals surface area contributed by atoms with Gasteiger partial charge in [0.2, 0.25) is 0 Å². The smallest absolute Gasteiger partial charge is 0.252 e. The van der Waals surface area contributed by atoms with Crippen LogP contribution in [0.5, 0.6) is 0 Å².